The summed E-state index contributed by atoms with van der Waals surface area (Å²) in [6, 6.07) is 15.4. The molecule has 0 aromatic heterocycles. The van der Waals surface area contributed by atoms with Gasteiger partial charge in [0, 0.05) is 16.8 Å². The quantitative estimate of drug-likeness (QED) is 0.818. The summed E-state index contributed by atoms with van der Waals surface area (Å²) in [5.41, 5.74) is 1.96. The van der Waals surface area contributed by atoms with Gasteiger partial charge >= 0.3 is 0 Å². The molecular formula is C16H17ClN2OS. The molecule has 0 unspecified atom stereocenters. The molecule has 0 spiro atoms. The van der Waals surface area contributed by atoms with E-state index in [1.807, 2.05) is 55.5 Å². The lowest BCUT2D eigenvalue weighted by Gasteiger charge is -2.18. The summed E-state index contributed by atoms with van der Waals surface area (Å²) >= 11 is 11.3. The van der Waals surface area contributed by atoms with E-state index in [-0.39, 0.29) is 6.04 Å². The van der Waals surface area contributed by atoms with Crippen LogP contribution in [0.2, 0.25) is 5.02 Å². The Kier molecular flexibility index (Phi) is 5.42. The third-order valence-corrected chi connectivity index (χ3v) is 3.48. The molecular weight excluding hydrogens is 304 g/mol. The molecule has 0 aliphatic rings. The zero-order valence-electron chi connectivity index (χ0n) is 11.9. The summed E-state index contributed by atoms with van der Waals surface area (Å²) in [5.74, 6) is 0.783. The van der Waals surface area contributed by atoms with E-state index in [4.69, 9.17) is 28.6 Å². The molecule has 5 heteroatoms. The Labute approximate surface area is 135 Å². The molecule has 2 aromatic rings. The van der Waals surface area contributed by atoms with E-state index in [9.17, 15) is 0 Å². The Morgan fingerprint density at radius 3 is 2.67 bits per heavy atom. The van der Waals surface area contributed by atoms with Crippen LogP contribution in [0.15, 0.2) is 48.5 Å². The second-order valence-corrected chi connectivity index (χ2v) is 5.45. The second-order valence-electron chi connectivity index (χ2n) is 4.61. The SMILES string of the molecule is COc1cccc(NC(=S)N[C@@H](C)c2cccc(Cl)c2)c1. The fraction of sp³-hybridized carbons (Fsp3) is 0.188. The van der Waals surface area contributed by atoms with Gasteiger partial charge in [0.05, 0.1) is 13.2 Å². The summed E-state index contributed by atoms with van der Waals surface area (Å²) in [6.45, 7) is 2.03. The highest BCUT2D eigenvalue weighted by Crippen LogP contribution is 2.19. The topological polar surface area (TPSA) is 33.3 Å². The molecule has 0 radical (unpaired) electrons. The highest BCUT2D eigenvalue weighted by molar-refractivity contribution is 7.80. The summed E-state index contributed by atoms with van der Waals surface area (Å²) in [5, 5.41) is 7.64. The van der Waals surface area contributed by atoms with Crippen LogP contribution >= 0.6 is 23.8 Å². The molecule has 0 heterocycles. The maximum absolute atomic E-state index is 6.00. The number of anilines is 1. The molecule has 0 bridgehead atoms. The van der Waals surface area contributed by atoms with Gasteiger partial charge in [-0.3, -0.25) is 0 Å². The predicted octanol–water partition coefficient (Wildman–Crippen LogP) is 4.40. The molecule has 0 fully saturated rings. The van der Waals surface area contributed by atoms with Gasteiger partial charge in [0.2, 0.25) is 0 Å². The fourth-order valence-corrected chi connectivity index (χ4v) is 2.42. The van der Waals surface area contributed by atoms with E-state index < -0.39 is 0 Å². The number of ether oxygens (including phenoxy) is 1. The van der Waals surface area contributed by atoms with E-state index in [0.29, 0.717) is 10.1 Å². The summed E-state index contributed by atoms with van der Waals surface area (Å²) < 4.78 is 5.18. The maximum Gasteiger partial charge on any atom is 0.171 e. The molecule has 2 aromatic carbocycles. The first-order valence-corrected chi connectivity index (χ1v) is 7.34. The van der Waals surface area contributed by atoms with Crippen molar-refractivity contribution in [2.24, 2.45) is 0 Å². The Morgan fingerprint density at radius 1 is 1.19 bits per heavy atom. The molecule has 0 amide bonds. The second kappa shape index (κ2) is 7.29. The molecule has 0 aliphatic carbocycles. The predicted molar refractivity (Wildman–Crippen MR) is 92.2 cm³/mol. The first-order valence-electron chi connectivity index (χ1n) is 6.55. The minimum Gasteiger partial charge on any atom is -0.497 e. The molecule has 2 rings (SSSR count). The van der Waals surface area contributed by atoms with Crippen molar-refractivity contribution >= 4 is 34.6 Å². The van der Waals surface area contributed by atoms with Gasteiger partial charge in [-0.15, -0.1) is 0 Å². The van der Waals surface area contributed by atoms with Gasteiger partial charge < -0.3 is 15.4 Å². The van der Waals surface area contributed by atoms with Gasteiger partial charge in [0.1, 0.15) is 5.75 Å². The zero-order chi connectivity index (χ0) is 15.2. The molecule has 0 aliphatic heterocycles. The van der Waals surface area contributed by atoms with Gasteiger partial charge in [-0.25, -0.2) is 0 Å². The normalized spacial score (nSPS) is 11.6. The van der Waals surface area contributed by atoms with Gasteiger partial charge in [-0.05, 0) is 49.0 Å². The molecule has 2 N–H and O–H groups in total. The minimum atomic E-state index is 0.0642. The number of nitrogens with one attached hydrogen (secondary N) is 2. The monoisotopic (exact) mass is 320 g/mol. The number of benzene rings is 2. The lowest BCUT2D eigenvalue weighted by Crippen LogP contribution is -2.30. The summed E-state index contributed by atoms with van der Waals surface area (Å²) in [4.78, 5) is 0. The molecule has 21 heavy (non-hydrogen) atoms. The Bertz CT molecular complexity index is 633. The first-order chi connectivity index (χ1) is 10.1. The van der Waals surface area contributed by atoms with Crippen molar-refractivity contribution in [1.82, 2.24) is 5.32 Å². The number of rotatable bonds is 4. The number of hydrogen-bond acceptors (Lipinski definition) is 2. The lowest BCUT2D eigenvalue weighted by atomic mass is 10.1. The largest absolute Gasteiger partial charge is 0.497 e. The van der Waals surface area contributed by atoms with Crippen LogP contribution in [0, 0.1) is 0 Å². The third-order valence-electron chi connectivity index (χ3n) is 3.02. The average Bonchev–Trinajstić information content (AvgIpc) is 2.47. The smallest absolute Gasteiger partial charge is 0.171 e. The van der Waals surface area contributed by atoms with Crippen molar-refractivity contribution < 1.29 is 4.74 Å². The van der Waals surface area contributed by atoms with Crippen molar-refractivity contribution in [2.45, 2.75) is 13.0 Å². The number of thiocarbonyl (C=S) groups is 1. The molecule has 3 nitrogen and oxygen atoms in total. The lowest BCUT2D eigenvalue weighted by molar-refractivity contribution is 0.415. The third kappa shape index (κ3) is 4.62. The summed E-state index contributed by atoms with van der Waals surface area (Å²) in [6.07, 6.45) is 0. The van der Waals surface area contributed by atoms with Gasteiger partial charge in [0.25, 0.3) is 0 Å². The first kappa shape index (κ1) is 15.6. The van der Waals surface area contributed by atoms with E-state index in [1.165, 1.54) is 0 Å². The number of hydrogen-bond donors (Lipinski definition) is 2. The summed E-state index contributed by atoms with van der Waals surface area (Å²) in [7, 11) is 1.64. The van der Waals surface area contributed by atoms with Gasteiger partial charge in [-0.2, -0.15) is 0 Å². The van der Waals surface area contributed by atoms with E-state index in [1.54, 1.807) is 7.11 Å². The van der Waals surface area contributed by atoms with Crippen LogP contribution in [0.5, 0.6) is 5.75 Å². The molecule has 0 saturated carbocycles. The van der Waals surface area contributed by atoms with Crippen LogP contribution in [-0.2, 0) is 0 Å². The van der Waals surface area contributed by atoms with Crippen LogP contribution < -0.4 is 15.4 Å². The van der Waals surface area contributed by atoms with E-state index in [2.05, 4.69) is 10.6 Å². The molecule has 1 atom stereocenters. The van der Waals surface area contributed by atoms with Crippen molar-refractivity contribution in [2.75, 3.05) is 12.4 Å². The Balaban J connectivity index is 1.97. The number of methoxy groups -OCH3 is 1. The van der Waals surface area contributed by atoms with Crippen LogP contribution in [0.1, 0.15) is 18.5 Å². The fourth-order valence-electron chi connectivity index (χ4n) is 1.92. The van der Waals surface area contributed by atoms with Crippen molar-refractivity contribution in [1.29, 1.82) is 0 Å². The molecule has 0 saturated heterocycles. The van der Waals surface area contributed by atoms with Crippen molar-refractivity contribution in [3.63, 3.8) is 0 Å². The van der Waals surface area contributed by atoms with Crippen LogP contribution in [0.25, 0.3) is 0 Å². The standard InChI is InChI=1S/C16H17ClN2OS/c1-11(12-5-3-6-13(17)9-12)18-16(21)19-14-7-4-8-15(10-14)20-2/h3-11H,1-2H3,(H2,18,19,21)/t11-/m0/s1. The van der Waals surface area contributed by atoms with E-state index in [0.717, 1.165) is 17.0 Å². The number of halogens is 1. The molecule has 110 valence electrons. The Hall–Kier alpha value is -1.78. The van der Waals surface area contributed by atoms with Crippen LogP contribution in [0.4, 0.5) is 5.69 Å². The van der Waals surface area contributed by atoms with E-state index >= 15 is 0 Å². The van der Waals surface area contributed by atoms with Crippen LogP contribution in [0.3, 0.4) is 0 Å². The highest BCUT2D eigenvalue weighted by atomic mass is 35.5. The Morgan fingerprint density at radius 2 is 1.95 bits per heavy atom. The van der Waals surface area contributed by atoms with Gasteiger partial charge in [0.15, 0.2) is 5.11 Å². The van der Waals surface area contributed by atoms with Gasteiger partial charge in [-0.1, -0.05) is 29.8 Å². The van der Waals surface area contributed by atoms with Crippen LogP contribution in [-0.4, -0.2) is 12.2 Å². The highest BCUT2D eigenvalue weighted by Gasteiger charge is 2.07. The minimum absolute atomic E-state index is 0.0642. The zero-order valence-corrected chi connectivity index (χ0v) is 13.5. The average molecular weight is 321 g/mol. The maximum atomic E-state index is 6.00. The van der Waals surface area contributed by atoms with Crippen molar-refractivity contribution in [3.8, 4) is 5.75 Å². The van der Waals surface area contributed by atoms with Crippen molar-refractivity contribution in [3.05, 3.63) is 59.1 Å².